The molecule has 11 aromatic carbocycles. The van der Waals surface area contributed by atoms with Crippen molar-refractivity contribution in [3.05, 3.63) is 218 Å². The maximum absolute atomic E-state index is 5.32. The van der Waals surface area contributed by atoms with Gasteiger partial charge in [-0.1, -0.05) is 158 Å². The smallest absolute Gasteiger partial charge is 0.160 e. The summed E-state index contributed by atoms with van der Waals surface area (Å²) in [5, 5.41) is 15.9. The van der Waals surface area contributed by atoms with E-state index >= 15 is 0 Å². The second kappa shape index (κ2) is 13.4. The number of para-hydroxylation sites is 2. The van der Waals surface area contributed by atoms with Gasteiger partial charge in [0, 0.05) is 49.4 Å². The minimum atomic E-state index is 0.715. The van der Waals surface area contributed by atoms with Gasteiger partial charge in [-0.05, 0) is 104 Å². The van der Waals surface area contributed by atoms with Crippen LogP contribution in [0.2, 0.25) is 0 Å². The summed E-state index contributed by atoms with van der Waals surface area (Å²) in [4.78, 5) is 10.4. The van der Waals surface area contributed by atoms with Crippen molar-refractivity contribution in [2.24, 2.45) is 0 Å². The Morgan fingerprint density at radius 1 is 0.281 bits per heavy atom. The molecule has 0 aliphatic carbocycles. The van der Waals surface area contributed by atoms with Crippen LogP contribution in [-0.4, -0.2) is 19.1 Å². The third-order valence-electron chi connectivity index (χ3n) is 13.4. The summed E-state index contributed by atoms with van der Waals surface area (Å²) in [5.74, 6) is 0.715. The maximum atomic E-state index is 5.32. The minimum absolute atomic E-state index is 0.715. The molecule has 0 atom stereocenters. The molecule has 0 aliphatic heterocycles. The molecule has 4 nitrogen and oxygen atoms in total. The van der Waals surface area contributed by atoms with E-state index < -0.39 is 0 Å². The van der Waals surface area contributed by atoms with Gasteiger partial charge in [0.15, 0.2) is 5.82 Å². The lowest BCUT2D eigenvalue weighted by Crippen LogP contribution is -1.98. The average Bonchev–Trinajstić information content (AvgIpc) is 3.87. The number of aromatic nitrogens is 4. The molecule has 0 spiro atoms. The van der Waals surface area contributed by atoms with Crippen LogP contribution in [0.1, 0.15) is 0 Å². The summed E-state index contributed by atoms with van der Waals surface area (Å²) >= 11 is 0. The van der Waals surface area contributed by atoms with Gasteiger partial charge >= 0.3 is 0 Å². The number of nitrogens with zero attached hydrogens (tertiary/aromatic N) is 4. The van der Waals surface area contributed by atoms with E-state index in [-0.39, 0.29) is 0 Å². The summed E-state index contributed by atoms with van der Waals surface area (Å²) in [6.07, 6.45) is 0. The molecule has 0 saturated heterocycles. The van der Waals surface area contributed by atoms with Crippen LogP contribution in [0.3, 0.4) is 0 Å². The Morgan fingerprint density at radius 2 is 0.859 bits per heavy atom. The van der Waals surface area contributed by atoms with Crippen molar-refractivity contribution in [1.29, 1.82) is 0 Å². The first-order valence-electron chi connectivity index (χ1n) is 21.9. The van der Waals surface area contributed by atoms with Crippen LogP contribution in [0.4, 0.5) is 0 Å². The molecule has 296 valence electrons. The molecular formula is C60H36N4. The molecular weight excluding hydrogens is 777 g/mol. The molecule has 0 unspecified atom stereocenters. The van der Waals surface area contributed by atoms with E-state index in [4.69, 9.17) is 9.97 Å². The second-order valence-electron chi connectivity index (χ2n) is 17.0. The molecule has 0 aliphatic rings. The van der Waals surface area contributed by atoms with Crippen molar-refractivity contribution in [1.82, 2.24) is 19.1 Å². The lowest BCUT2D eigenvalue weighted by Gasteiger charge is -2.13. The van der Waals surface area contributed by atoms with E-state index in [9.17, 15) is 0 Å². The Balaban J connectivity index is 0.954. The zero-order valence-electron chi connectivity index (χ0n) is 34.6. The van der Waals surface area contributed by atoms with Crippen LogP contribution in [0.25, 0.3) is 132 Å². The fraction of sp³-hybridized carbons (Fsp3) is 0. The van der Waals surface area contributed by atoms with Crippen molar-refractivity contribution in [2.75, 3.05) is 0 Å². The lowest BCUT2D eigenvalue weighted by atomic mass is 9.99. The highest BCUT2D eigenvalue weighted by Crippen LogP contribution is 2.41. The summed E-state index contributed by atoms with van der Waals surface area (Å²) in [7, 11) is 0. The SMILES string of the molecule is c1ccc2cc3c(cc2c1)c1ccc(-n2c4ccccc4c4c5ccccc5ccc42)cc1n3-c1ccc(-c2nc(-c3ccc4c(ccc5ccccc54)c3)nc3ccccc23)cc1. The normalized spacial score (nSPS) is 12.1. The Labute approximate surface area is 367 Å². The predicted octanol–water partition coefficient (Wildman–Crippen LogP) is 15.8. The fourth-order valence-electron chi connectivity index (χ4n) is 10.5. The Bertz CT molecular complexity index is 4250. The summed E-state index contributed by atoms with van der Waals surface area (Å²) in [6.45, 7) is 0. The van der Waals surface area contributed by atoms with Gasteiger partial charge < -0.3 is 9.13 Å². The van der Waals surface area contributed by atoms with Crippen LogP contribution in [0.5, 0.6) is 0 Å². The zero-order chi connectivity index (χ0) is 41.9. The zero-order valence-corrected chi connectivity index (χ0v) is 34.6. The summed E-state index contributed by atoms with van der Waals surface area (Å²) < 4.78 is 4.88. The van der Waals surface area contributed by atoms with Gasteiger partial charge in [-0.3, -0.25) is 0 Å². The quantitative estimate of drug-likeness (QED) is 0.166. The van der Waals surface area contributed by atoms with Gasteiger partial charge in [-0.15, -0.1) is 0 Å². The van der Waals surface area contributed by atoms with Gasteiger partial charge in [0.25, 0.3) is 0 Å². The van der Waals surface area contributed by atoms with Gasteiger partial charge in [-0.2, -0.15) is 0 Å². The van der Waals surface area contributed by atoms with Crippen molar-refractivity contribution < 1.29 is 0 Å². The van der Waals surface area contributed by atoms with E-state index in [1.807, 2.05) is 0 Å². The monoisotopic (exact) mass is 812 g/mol. The Kier molecular flexibility index (Phi) is 7.36. The highest BCUT2D eigenvalue weighted by Gasteiger charge is 2.19. The standard InChI is InChI=1S/C60H36N4/c1-2-14-41-35-56-52(34-40(41)13-1)49-31-29-45(64-54-20-10-8-18-51(54)58-48-16-6-4-12-38(48)26-32-55(58)64)36-57(49)63(56)44-27-23-39(24-28-44)59-50-17-7-9-19-53(50)61-60(62-59)43-25-30-47-42(33-43)22-21-37-11-3-5-15-46(37)47/h1-36H. The van der Waals surface area contributed by atoms with E-state index in [1.165, 1.54) is 81.2 Å². The predicted molar refractivity (Wildman–Crippen MR) is 269 cm³/mol. The molecule has 14 aromatic rings. The molecule has 0 N–H and O–H groups in total. The molecule has 3 heterocycles. The Hall–Kier alpha value is -8.60. The van der Waals surface area contributed by atoms with Gasteiger partial charge in [0.05, 0.1) is 33.3 Å². The van der Waals surface area contributed by atoms with Crippen LogP contribution >= 0.6 is 0 Å². The van der Waals surface area contributed by atoms with Crippen molar-refractivity contribution in [2.45, 2.75) is 0 Å². The Morgan fingerprint density at radius 3 is 1.70 bits per heavy atom. The third kappa shape index (κ3) is 5.17. The number of rotatable bonds is 4. The number of benzene rings is 11. The fourth-order valence-corrected chi connectivity index (χ4v) is 10.5. The van der Waals surface area contributed by atoms with Crippen LogP contribution in [0.15, 0.2) is 218 Å². The van der Waals surface area contributed by atoms with Gasteiger partial charge in [0.1, 0.15) is 0 Å². The molecule has 0 saturated carbocycles. The molecule has 0 fully saturated rings. The largest absolute Gasteiger partial charge is 0.309 e. The molecule has 4 heteroatoms. The first kappa shape index (κ1) is 35.0. The number of hydrogen-bond acceptors (Lipinski definition) is 2. The average molecular weight is 813 g/mol. The molecule has 0 bridgehead atoms. The molecule has 3 aromatic heterocycles. The van der Waals surface area contributed by atoms with Crippen LogP contribution in [-0.2, 0) is 0 Å². The topological polar surface area (TPSA) is 35.6 Å². The first-order chi connectivity index (χ1) is 31.7. The van der Waals surface area contributed by atoms with Crippen molar-refractivity contribution >= 4 is 97.6 Å². The third-order valence-corrected chi connectivity index (χ3v) is 13.4. The maximum Gasteiger partial charge on any atom is 0.160 e. The number of fused-ring (bicyclic) bond motifs is 13. The van der Waals surface area contributed by atoms with E-state index in [1.54, 1.807) is 0 Å². The number of hydrogen-bond donors (Lipinski definition) is 0. The van der Waals surface area contributed by atoms with E-state index in [2.05, 4.69) is 228 Å². The lowest BCUT2D eigenvalue weighted by molar-refractivity contribution is 1.15. The van der Waals surface area contributed by atoms with E-state index in [0.29, 0.717) is 5.82 Å². The van der Waals surface area contributed by atoms with Crippen LogP contribution < -0.4 is 0 Å². The summed E-state index contributed by atoms with van der Waals surface area (Å²) in [6, 6.07) is 79.3. The second-order valence-corrected chi connectivity index (χ2v) is 17.0. The van der Waals surface area contributed by atoms with Crippen molar-refractivity contribution in [3.8, 4) is 34.0 Å². The van der Waals surface area contributed by atoms with E-state index in [0.717, 1.165) is 44.6 Å². The minimum Gasteiger partial charge on any atom is -0.309 e. The van der Waals surface area contributed by atoms with Gasteiger partial charge in [0.2, 0.25) is 0 Å². The first-order valence-corrected chi connectivity index (χ1v) is 21.9. The molecule has 14 rings (SSSR count). The molecule has 64 heavy (non-hydrogen) atoms. The summed E-state index contributed by atoms with van der Waals surface area (Å²) in [5.41, 5.74) is 10.8. The van der Waals surface area contributed by atoms with Crippen molar-refractivity contribution in [3.63, 3.8) is 0 Å². The van der Waals surface area contributed by atoms with Gasteiger partial charge in [-0.25, -0.2) is 9.97 Å². The highest BCUT2D eigenvalue weighted by atomic mass is 15.0. The highest BCUT2D eigenvalue weighted by molar-refractivity contribution is 6.22. The molecule has 0 amide bonds. The molecule has 0 radical (unpaired) electrons. The van der Waals surface area contributed by atoms with Crippen LogP contribution in [0, 0.1) is 0 Å².